The molecule has 0 amide bonds. The molecule has 1 saturated heterocycles. The summed E-state index contributed by atoms with van der Waals surface area (Å²) in [5, 5.41) is 4.24. The van der Waals surface area contributed by atoms with E-state index in [1.165, 1.54) is 5.56 Å². The highest BCUT2D eigenvalue weighted by Crippen LogP contribution is 2.19. The van der Waals surface area contributed by atoms with Gasteiger partial charge in [0.25, 0.3) is 0 Å². The average molecular weight is 494 g/mol. The van der Waals surface area contributed by atoms with Gasteiger partial charge in [-0.25, -0.2) is 0 Å². The van der Waals surface area contributed by atoms with Gasteiger partial charge in [-0.2, -0.15) is 0 Å². The molecule has 0 radical (unpaired) electrons. The zero-order valence-electron chi connectivity index (χ0n) is 15.5. The van der Waals surface area contributed by atoms with E-state index in [0.717, 1.165) is 56.3 Å². The lowest BCUT2D eigenvalue weighted by Gasteiger charge is -2.33. The van der Waals surface area contributed by atoms with Gasteiger partial charge < -0.3 is 15.0 Å². The third-order valence-electron chi connectivity index (χ3n) is 4.49. The van der Waals surface area contributed by atoms with Crippen molar-refractivity contribution in [2.24, 2.45) is 10.9 Å². The Balaban J connectivity index is 0.00000338. The molecule has 0 saturated carbocycles. The summed E-state index contributed by atoms with van der Waals surface area (Å²) in [6, 6.07) is 7.96. The second-order valence-electron chi connectivity index (χ2n) is 6.18. The number of esters is 1. The fourth-order valence-electron chi connectivity index (χ4n) is 3.10. The first-order valence-electron chi connectivity index (χ1n) is 9.01. The minimum atomic E-state index is -0.0650. The highest BCUT2D eigenvalue weighted by molar-refractivity contribution is 14.0. The minimum absolute atomic E-state index is 0. The van der Waals surface area contributed by atoms with Crippen LogP contribution < -0.4 is 5.32 Å². The first-order chi connectivity index (χ1) is 12.2. The van der Waals surface area contributed by atoms with Gasteiger partial charge in [0, 0.05) is 31.7 Å². The van der Waals surface area contributed by atoms with Gasteiger partial charge in [-0.05, 0) is 44.2 Å². The number of hydrogen-bond donors (Lipinski definition) is 1. The first kappa shape index (κ1) is 23.0. The average Bonchev–Trinajstić information content (AvgIpc) is 2.63. The number of hydrogen-bond acceptors (Lipinski definition) is 3. The van der Waals surface area contributed by atoms with Gasteiger partial charge in [-0.15, -0.1) is 24.0 Å². The van der Waals surface area contributed by atoms with Crippen LogP contribution in [0.3, 0.4) is 0 Å². The zero-order chi connectivity index (χ0) is 18.1. The zero-order valence-corrected chi connectivity index (χ0v) is 18.6. The van der Waals surface area contributed by atoms with Crippen LogP contribution in [0.1, 0.15) is 31.7 Å². The summed E-state index contributed by atoms with van der Waals surface area (Å²) in [6.45, 7) is 4.80. The van der Waals surface area contributed by atoms with Crippen LogP contribution in [0.4, 0.5) is 0 Å². The first-order valence-corrected chi connectivity index (χ1v) is 9.39. The molecule has 1 heterocycles. The SMILES string of the molecule is CCOC(=O)C1CCN(C(=NC)NCCCc2ccccc2Cl)CC1.I. The number of aryl methyl sites for hydroxylation is 1. The maximum atomic E-state index is 11.8. The fraction of sp³-hybridized carbons (Fsp3) is 0.579. The van der Waals surface area contributed by atoms with E-state index in [1.54, 1.807) is 7.05 Å². The molecule has 146 valence electrons. The quantitative estimate of drug-likeness (QED) is 0.216. The van der Waals surface area contributed by atoms with Gasteiger partial charge in [0.2, 0.25) is 0 Å². The molecule has 5 nitrogen and oxygen atoms in total. The molecule has 26 heavy (non-hydrogen) atoms. The number of likely N-dealkylation sites (tertiary alicyclic amines) is 1. The van der Waals surface area contributed by atoms with Crippen molar-refractivity contribution in [3.05, 3.63) is 34.9 Å². The third-order valence-corrected chi connectivity index (χ3v) is 4.86. The Morgan fingerprint density at radius 2 is 2.04 bits per heavy atom. The number of carbonyl (C=O) groups is 1. The normalized spacial score (nSPS) is 15.3. The number of guanidine groups is 1. The van der Waals surface area contributed by atoms with Gasteiger partial charge in [-0.3, -0.25) is 9.79 Å². The van der Waals surface area contributed by atoms with Crippen molar-refractivity contribution in [3.63, 3.8) is 0 Å². The molecule has 7 heteroatoms. The van der Waals surface area contributed by atoms with Crippen molar-refractivity contribution in [1.82, 2.24) is 10.2 Å². The van der Waals surface area contributed by atoms with Gasteiger partial charge in [0.05, 0.1) is 12.5 Å². The van der Waals surface area contributed by atoms with Crippen molar-refractivity contribution >= 4 is 47.5 Å². The number of nitrogens with one attached hydrogen (secondary N) is 1. The molecule has 1 N–H and O–H groups in total. The molecule has 1 aromatic rings. The largest absolute Gasteiger partial charge is 0.466 e. The maximum Gasteiger partial charge on any atom is 0.309 e. The van der Waals surface area contributed by atoms with Gasteiger partial charge >= 0.3 is 5.97 Å². The second-order valence-corrected chi connectivity index (χ2v) is 6.59. The Morgan fingerprint density at radius 3 is 2.65 bits per heavy atom. The molecule has 1 aliphatic heterocycles. The van der Waals surface area contributed by atoms with Gasteiger partial charge in [-0.1, -0.05) is 29.8 Å². The van der Waals surface area contributed by atoms with Crippen LogP contribution in [0.25, 0.3) is 0 Å². The molecular weight excluding hydrogens is 465 g/mol. The smallest absolute Gasteiger partial charge is 0.309 e. The van der Waals surface area contributed by atoms with E-state index in [4.69, 9.17) is 16.3 Å². The van der Waals surface area contributed by atoms with Crippen LogP contribution in [0, 0.1) is 5.92 Å². The minimum Gasteiger partial charge on any atom is -0.466 e. The highest BCUT2D eigenvalue weighted by atomic mass is 127. The van der Waals surface area contributed by atoms with Crippen molar-refractivity contribution in [2.45, 2.75) is 32.6 Å². The highest BCUT2D eigenvalue weighted by Gasteiger charge is 2.27. The van der Waals surface area contributed by atoms with Crippen LogP contribution in [-0.2, 0) is 16.0 Å². The van der Waals surface area contributed by atoms with Crippen molar-refractivity contribution in [2.75, 3.05) is 33.3 Å². The van der Waals surface area contributed by atoms with E-state index in [-0.39, 0.29) is 35.9 Å². The Morgan fingerprint density at radius 1 is 1.35 bits per heavy atom. The Bertz CT molecular complexity index is 590. The monoisotopic (exact) mass is 493 g/mol. The van der Waals surface area contributed by atoms with E-state index in [1.807, 2.05) is 25.1 Å². The molecule has 0 aliphatic carbocycles. The summed E-state index contributed by atoms with van der Waals surface area (Å²) in [5.41, 5.74) is 1.18. The van der Waals surface area contributed by atoms with Gasteiger partial charge in [0.1, 0.15) is 0 Å². The number of aliphatic imine (C=N–C) groups is 1. The van der Waals surface area contributed by atoms with Crippen LogP contribution in [0.5, 0.6) is 0 Å². The lowest BCUT2D eigenvalue weighted by Crippen LogP contribution is -2.47. The Hall–Kier alpha value is -1.02. The summed E-state index contributed by atoms with van der Waals surface area (Å²) >= 11 is 6.19. The Kier molecular flexibility index (Phi) is 11.0. The number of nitrogens with zero attached hydrogens (tertiary/aromatic N) is 2. The van der Waals surface area contributed by atoms with Crippen LogP contribution in [0.2, 0.25) is 5.02 Å². The molecule has 1 fully saturated rings. The number of benzene rings is 1. The molecule has 0 aromatic heterocycles. The summed E-state index contributed by atoms with van der Waals surface area (Å²) in [6.07, 6.45) is 3.56. The number of carbonyl (C=O) groups excluding carboxylic acids is 1. The molecule has 0 atom stereocenters. The fourth-order valence-corrected chi connectivity index (χ4v) is 3.33. The van der Waals surface area contributed by atoms with Gasteiger partial charge in [0.15, 0.2) is 5.96 Å². The Labute approximate surface area is 178 Å². The molecule has 0 bridgehead atoms. The predicted octanol–water partition coefficient (Wildman–Crippen LogP) is 3.74. The molecule has 0 unspecified atom stereocenters. The molecule has 0 spiro atoms. The van der Waals surface area contributed by atoms with Crippen molar-refractivity contribution < 1.29 is 9.53 Å². The second kappa shape index (κ2) is 12.4. The van der Waals surface area contributed by atoms with Crippen LogP contribution in [-0.4, -0.2) is 50.1 Å². The van der Waals surface area contributed by atoms with E-state index in [0.29, 0.717) is 6.61 Å². The third kappa shape index (κ3) is 6.95. The lowest BCUT2D eigenvalue weighted by atomic mass is 9.97. The van der Waals surface area contributed by atoms with Crippen LogP contribution >= 0.6 is 35.6 Å². The van der Waals surface area contributed by atoms with E-state index in [9.17, 15) is 4.79 Å². The van der Waals surface area contributed by atoms with Crippen molar-refractivity contribution in [3.8, 4) is 0 Å². The van der Waals surface area contributed by atoms with E-state index in [2.05, 4.69) is 21.3 Å². The summed E-state index contributed by atoms with van der Waals surface area (Å²) in [4.78, 5) is 18.4. The number of halogens is 2. The topological polar surface area (TPSA) is 53.9 Å². The molecule has 2 rings (SSSR count). The molecule has 1 aliphatic rings. The van der Waals surface area contributed by atoms with E-state index < -0.39 is 0 Å². The predicted molar refractivity (Wildman–Crippen MR) is 117 cm³/mol. The molecular formula is C19H29ClIN3O2. The van der Waals surface area contributed by atoms with E-state index >= 15 is 0 Å². The number of rotatable bonds is 6. The summed E-state index contributed by atoms with van der Waals surface area (Å²) < 4.78 is 5.12. The van der Waals surface area contributed by atoms with Crippen molar-refractivity contribution in [1.29, 1.82) is 0 Å². The molecule has 1 aromatic carbocycles. The lowest BCUT2D eigenvalue weighted by molar-refractivity contribution is -0.149. The summed E-state index contributed by atoms with van der Waals surface area (Å²) in [7, 11) is 1.80. The number of ether oxygens (including phenoxy) is 1. The maximum absolute atomic E-state index is 11.8. The number of piperidine rings is 1. The standard InChI is InChI=1S/C19H28ClN3O2.HI/c1-3-25-18(24)16-10-13-23(14-11-16)19(21-2)22-12-6-8-15-7-4-5-9-17(15)20;/h4-5,7,9,16H,3,6,8,10-14H2,1-2H3,(H,21,22);1H. The summed E-state index contributed by atoms with van der Waals surface area (Å²) in [5.74, 6) is 0.862. The van der Waals surface area contributed by atoms with Crippen LogP contribution in [0.15, 0.2) is 29.3 Å².